The van der Waals surface area contributed by atoms with Crippen molar-refractivity contribution in [3.05, 3.63) is 36.0 Å². The van der Waals surface area contributed by atoms with Gasteiger partial charge in [0.05, 0.1) is 24.9 Å². The van der Waals surface area contributed by atoms with Crippen molar-refractivity contribution in [2.75, 3.05) is 13.7 Å². The molecule has 100 valence electrons. The highest BCUT2D eigenvalue weighted by atomic mass is 16.5. The molecule has 0 aromatic rings. The van der Waals surface area contributed by atoms with Crippen LogP contribution in [0.25, 0.3) is 0 Å². The summed E-state index contributed by atoms with van der Waals surface area (Å²) >= 11 is 0. The molecule has 0 saturated heterocycles. The summed E-state index contributed by atoms with van der Waals surface area (Å²) < 4.78 is 9.53. The molecule has 0 aliphatic rings. The van der Waals surface area contributed by atoms with Crippen molar-refractivity contribution in [1.82, 2.24) is 0 Å². The van der Waals surface area contributed by atoms with Gasteiger partial charge in [-0.3, -0.25) is 0 Å². The second-order valence-corrected chi connectivity index (χ2v) is 3.52. The van der Waals surface area contributed by atoms with E-state index in [0.717, 1.165) is 6.42 Å². The number of esters is 2. The number of methoxy groups -OCH3 is 1. The van der Waals surface area contributed by atoms with Gasteiger partial charge in [-0.1, -0.05) is 32.6 Å². The van der Waals surface area contributed by atoms with Gasteiger partial charge >= 0.3 is 11.9 Å². The molecule has 0 rings (SSSR count). The summed E-state index contributed by atoms with van der Waals surface area (Å²) in [7, 11) is 1.25. The van der Waals surface area contributed by atoms with Crippen LogP contribution in [-0.4, -0.2) is 25.7 Å². The fourth-order valence-corrected chi connectivity index (χ4v) is 1.09. The van der Waals surface area contributed by atoms with Crippen molar-refractivity contribution >= 4 is 11.9 Å². The van der Waals surface area contributed by atoms with Crippen molar-refractivity contribution in [3.63, 3.8) is 0 Å². The van der Waals surface area contributed by atoms with Crippen LogP contribution >= 0.6 is 0 Å². The third-order valence-electron chi connectivity index (χ3n) is 2.05. The molecular formula is C14H20O4. The van der Waals surface area contributed by atoms with E-state index < -0.39 is 11.9 Å². The van der Waals surface area contributed by atoms with Gasteiger partial charge in [-0.05, 0) is 18.9 Å². The van der Waals surface area contributed by atoms with Crippen molar-refractivity contribution in [2.45, 2.75) is 26.7 Å². The molecule has 4 nitrogen and oxygen atoms in total. The van der Waals surface area contributed by atoms with Gasteiger partial charge in [-0.15, -0.1) is 0 Å². The molecule has 18 heavy (non-hydrogen) atoms. The minimum absolute atomic E-state index is 0.0102. The van der Waals surface area contributed by atoms with Gasteiger partial charge in [-0.2, -0.15) is 0 Å². The summed E-state index contributed by atoms with van der Waals surface area (Å²) in [5, 5.41) is 0. The topological polar surface area (TPSA) is 52.6 Å². The van der Waals surface area contributed by atoms with Crippen molar-refractivity contribution in [1.29, 1.82) is 0 Å². The molecule has 0 spiro atoms. The highest BCUT2D eigenvalue weighted by Crippen LogP contribution is 2.12. The van der Waals surface area contributed by atoms with E-state index in [1.165, 1.54) is 13.2 Å². The van der Waals surface area contributed by atoms with Crippen molar-refractivity contribution in [2.24, 2.45) is 0 Å². The van der Waals surface area contributed by atoms with Gasteiger partial charge < -0.3 is 9.47 Å². The van der Waals surface area contributed by atoms with E-state index in [-0.39, 0.29) is 11.1 Å². The van der Waals surface area contributed by atoms with E-state index >= 15 is 0 Å². The molecule has 4 heteroatoms. The normalized spacial score (nSPS) is 11.4. The molecule has 0 fully saturated rings. The average Bonchev–Trinajstić information content (AvgIpc) is 2.39. The van der Waals surface area contributed by atoms with Crippen LogP contribution in [0.3, 0.4) is 0 Å². The number of ether oxygens (including phenoxy) is 2. The minimum Gasteiger partial charge on any atom is -0.465 e. The molecule has 0 N–H and O–H groups in total. The lowest BCUT2D eigenvalue weighted by atomic mass is 10.1. The lowest BCUT2D eigenvalue weighted by molar-refractivity contribution is -0.141. The Bertz CT molecular complexity index is 364. The van der Waals surface area contributed by atoms with E-state index in [2.05, 4.69) is 11.3 Å². The van der Waals surface area contributed by atoms with E-state index in [9.17, 15) is 9.59 Å². The molecule has 0 bridgehead atoms. The molecule has 0 atom stereocenters. The molecule has 0 heterocycles. The summed E-state index contributed by atoms with van der Waals surface area (Å²) in [6, 6.07) is 0. The third kappa shape index (κ3) is 5.48. The fourth-order valence-electron chi connectivity index (χ4n) is 1.09. The molecule has 0 unspecified atom stereocenters. The van der Waals surface area contributed by atoms with Crippen LogP contribution in [0.15, 0.2) is 36.0 Å². The Morgan fingerprint density at radius 2 is 1.89 bits per heavy atom. The van der Waals surface area contributed by atoms with Crippen LogP contribution in [0.1, 0.15) is 26.7 Å². The number of allylic oxidation sites excluding steroid dienone is 3. The van der Waals surface area contributed by atoms with E-state index in [1.807, 2.05) is 19.9 Å². The Hall–Kier alpha value is -1.84. The van der Waals surface area contributed by atoms with Gasteiger partial charge in [-0.25, -0.2) is 9.59 Å². The lowest BCUT2D eigenvalue weighted by Crippen LogP contribution is -2.15. The molecule has 0 amide bonds. The maximum atomic E-state index is 11.6. The molecule has 0 aliphatic carbocycles. The standard InChI is InChI=1S/C14H20O4/c1-5-7-8-9-12(14(16)17-4)11(3)13(15)18-10-6-2/h7-9H,3,5-6,10H2,1-2,4H3/b8-7-,12-9+. The summed E-state index contributed by atoms with van der Waals surface area (Å²) in [5.41, 5.74) is 0.124. The van der Waals surface area contributed by atoms with Gasteiger partial charge in [0.25, 0.3) is 0 Å². The van der Waals surface area contributed by atoms with Crippen molar-refractivity contribution < 1.29 is 19.1 Å². The van der Waals surface area contributed by atoms with Crippen LogP contribution in [0.5, 0.6) is 0 Å². The van der Waals surface area contributed by atoms with Crippen LogP contribution < -0.4 is 0 Å². The van der Waals surface area contributed by atoms with E-state index in [4.69, 9.17) is 4.74 Å². The first-order valence-corrected chi connectivity index (χ1v) is 5.89. The fraction of sp³-hybridized carbons (Fsp3) is 0.429. The Morgan fingerprint density at radius 3 is 2.39 bits per heavy atom. The first-order valence-electron chi connectivity index (χ1n) is 5.89. The largest absolute Gasteiger partial charge is 0.465 e. The lowest BCUT2D eigenvalue weighted by Gasteiger charge is -2.08. The zero-order valence-corrected chi connectivity index (χ0v) is 11.2. The number of hydrogen-bond donors (Lipinski definition) is 0. The first kappa shape index (κ1) is 16.2. The molecule has 0 aromatic heterocycles. The predicted molar refractivity (Wildman–Crippen MR) is 69.9 cm³/mol. The van der Waals surface area contributed by atoms with Crippen molar-refractivity contribution in [3.8, 4) is 0 Å². The molecule has 0 aromatic carbocycles. The van der Waals surface area contributed by atoms with Gasteiger partial charge in [0, 0.05) is 0 Å². The second-order valence-electron chi connectivity index (χ2n) is 3.52. The molecule has 0 saturated carbocycles. The van der Waals surface area contributed by atoms with E-state index in [0.29, 0.717) is 13.0 Å². The Labute approximate surface area is 108 Å². The second kappa shape index (κ2) is 9.22. The van der Waals surface area contributed by atoms with Crippen LogP contribution in [-0.2, 0) is 19.1 Å². The van der Waals surface area contributed by atoms with Crippen LogP contribution in [0, 0.1) is 0 Å². The SMILES string of the molecule is C=C(C(=O)OCCC)/C(=C\C=C/CC)C(=O)OC. The maximum absolute atomic E-state index is 11.6. The molecule has 0 radical (unpaired) electrons. The van der Waals surface area contributed by atoms with Gasteiger partial charge in [0.1, 0.15) is 0 Å². The highest BCUT2D eigenvalue weighted by molar-refractivity contribution is 6.06. The summed E-state index contributed by atoms with van der Waals surface area (Å²) in [4.78, 5) is 23.1. The van der Waals surface area contributed by atoms with Crippen LogP contribution in [0.2, 0.25) is 0 Å². The van der Waals surface area contributed by atoms with Gasteiger partial charge in [0.2, 0.25) is 0 Å². The molecular weight excluding hydrogens is 232 g/mol. The monoisotopic (exact) mass is 252 g/mol. The molecule has 0 aliphatic heterocycles. The number of hydrogen-bond acceptors (Lipinski definition) is 4. The minimum atomic E-state index is -0.603. The first-order chi connectivity index (χ1) is 8.58. The number of rotatable bonds is 7. The summed E-state index contributed by atoms with van der Waals surface area (Å²) in [6.07, 6.45) is 6.59. The Morgan fingerprint density at radius 1 is 1.22 bits per heavy atom. The Kier molecular flexibility index (Phi) is 8.27. The quantitative estimate of drug-likeness (QED) is 0.397. The highest BCUT2D eigenvalue weighted by Gasteiger charge is 2.19. The maximum Gasteiger partial charge on any atom is 0.338 e. The zero-order chi connectivity index (χ0) is 14.0. The third-order valence-corrected chi connectivity index (χ3v) is 2.05. The number of carbonyl (C=O) groups excluding carboxylic acids is 2. The van der Waals surface area contributed by atoms with Crippen LogP contribution in [0.4, 0.5) is 0 Å². The van der Waals surface area contributed by atoms with Gasteiger partial charge in [0.15, 0.2) is 0 Å². The Balaban J connectivity index is 4.91. The van der Waals surface area contributed by atoms with E-state index in [1.54, 1.807) is 6.08 Å². The average molecular weight is 252 g/mol. The summed E-state index contributed by atoms with van der Waals surface area (Å²) in [6.45, 7) is 7.73. The smallest absolute Gasteiger partial charge is 0.338 e. The number of carbonyl (C=O) groups is 2. The predicted octanol–water partition coefficient (Wildman–Crippen LogP) is 2.56. The summed E-state index contributed by atoms with van der Waals surface area (Å²) in [5.74, 6) is -1.20. The zero-order valence-electron chi connectivity index (χ0n) is 11.2.